The molecule has 0 aromatic carbocycles. The van der Waals surface area contributed by atoms with Crippen molar-refractivity contribution >= 4 is 17.7 Å². The van der Waals surface area contributed by atoms with Crippen LogP contribution in [0.3, 0.4) is 0 Å². The topological polar surface area (TPSA) is 68.5 Å². The second kappa shape index (κ2) is 4.93. The van der Waals surface area contributed by atoms with Crippen molar-refractivity contribution in [2.75, 3.05) is 11.9 Å². The van der Waals surface area contributed by atoms with Crippen LogP contribution in [0, 0.1) is 0 Å². The fraction of sp³-hybridized carbons (Fsp3) is 0.333. The zero-order valence-electron chi connectivity index (χ0n) is 9.08. The van der Waals surface area contributed by atoms with Gasteiger partial charge in [0.2, 0.25) is 5.95 Å². The van der Waals surface area contributed by atoms with Crippen molar-refractivity contribution in [3.8, 4) is 0 Å². The lowest BCUT2D eigenvalue weighted by molar-refractivity contribution is 0.684. The quantitative estimate of drug-likeness (QED) is 0.804. The van der Waals surface area contributed by atoms with E-state index in [1.807, 2.05) is 20.0 Å². The molecule has 0 aliphatic heterocycles. The summed E-state index contributed by atoms with van der Waals surface area (Å²) >= 11 is 1.46. The lowest BCUT2D eigenvalue weighted by Gasteiger charge is -2.03. The van der Waals surface area contributed by atoms with E-state index < -0.39 is 0 Å². The van der Waals surface area contributed by atoms with Crippen LogP contribution in [0.15, 0.2) is 28.8 Å². The van der Waals surface area contributed by atoms with Crippen LogP contribution in [0.4, 0.5) is 5.95 Å². The van der Waals surface area contributed by atoms with Crippen molar-refractivity contribution in [3.05, 3.63) is 18.6 Å². The third-order valence-corrected chi connectivity index (χ3v) is 2.82. The van der Waals surface area contributed by atoms with E-state index in [9.17, 15) is 0 Å². The molecule has 1 N–H and O–H groups in total. The van der Waals surface area contributed by atoms with E-state index in [0.29, 0.717) is 5.95 Å². The van der Waals surface area contributed by atoms with Crippen molar-refractivity contribution in [2.24, 2.45) is 7.05 Å². The molecule has 0 unspecified atom stereocenters. The van der Waals surface area contributed by atoms with Gasteiger partial charge in [-0.1, -0.05) is 0 Å². The fourth-order valence-corrected chi connectivity index (χ4v) is 1.84. The molecule has 0 aliphatic carbocycles. The highest BCUT2D eigenvalue weighted by molar-refractivity contribution is 7.99. The maximum absolute atomic E-state index is 4.34. The summed E-state index contributed by atoms with van der Waals surface area (Å²) in [4.78, 5) is 12.6. The van der Waals surface area contributed by atoms with E-state index in [2.05, 4.69) is 25.4 Å². The Hall–Kier alpha value is -1.63. The van der Waals surface area contributed by atoms with Crippen molar-refractivity contribution in [1.82, 2.24) is 24.7 Å². The molecular weight excluding hydrogens is 224 g/mol. The molecule has 0 fully saturated rings. The van der Waals surface area contributed by atoms with Crippen LogP contribution < -0.4 is 5.32 Å². The molecule has 0 amide bonds. The molecule has 0 saturated heterocycles. The van der Waals surface area contributed by atoms with Gasteiger partial charge in [0, 0.05) is 19.8 Å². The molecular formula is C9H12N6S. The first kappa shape index (κ1) is 10.9. The molecule has 0 atom stereocenters. The predicted molar refractivity (Wildman–Crippen MR) is 61.3 cm³/mol. The van der Waals surface area contributed by atoms with Crippen LogP contribution in [0.5, 0.6) is 0 Å². The Morgan fingerprint density at radius 2 is 2.31 bits per heavy atom. The first-order chi connectivity index (χ1) is 7.79. The van der Waals surface area contributed by atoms with E-state index in [4.69, 9.17) is 0 Å². The minimum atomic E-state index is 0.634. The molecule has 2 heterocycles. The van der Waals surface area contributed by atoms with E-state index in [1.165, 1.54) is 18.1 Å². The van der Waals surface area contributed by atoms with Crippen molar-refractivity contribution in [3.63, 3.8) is 0 Å². The summed E-state index contributed by atoms with van der Waals surface area (Å²) in [5, 5.41) is 8.72. The molecule has 2 rings (SSSR count). The molecule has 0 bridgehead atoms. The highest BCUT2D eigenvalue weighted by Crippen LogP contribution is 2.23. The number of aryl methyl sites for hydroxylation is 1. The van der Waals surface area contributed by atoms with Crippen LogP contribution in [-0.4, -0.2) is 31.3 Å². The first-order valence-corrected chi connectivity index (χ1v) is 5.70. The zero-order valence-corrected chi connectivity index (χ0v) is 9.90. The monoisotopic (exact) mass is 236 g/mol. The summed E-state index contributed by atoms with van der Waals surface area (Å²) in [5.74, 6) is 0.634. The van der Waals surface area contributed by atoms with Gasteiger partial charge in [0.05, 0.1) is 0 Å². The van der Waals surface area contributed by atoms with E-state index in [1.54, 1.807) is 10.9 Å². The maximum atomic E-state index is 4.34. The Labute approximate surface area is 97.5 Å². The van der Waals surface area contributed by atoms with Gasteiger partial charge in [-0.05, 0) is 24.8 Å². The van der Waals surface area contributed by atoms with Crippen LogP contribution in [0.1, 0.15) is 6.92 Å². The smallest absolute Gasteiger partial charge is 0.223 e. The normalized spacial score (nSPS) is 10.4. The molecule has 2 aromatic rings. The molecule has 0 aliphatic rings. The summed E-state index contributed by atoms with van der Waals surface area (Å²) in [7, 11) is 1.85. The number of nitrogens with zero attached hydrogens (tertiary/aromatic N) is 5. The van der Waals surface area contributed by atoms with Crippen molar-refractivity contribution in [2.45, 2.75) is 17.1 Å². The predicted octanol–water partition coefficient (Wildman–Crippen LogP) is 1.19. The second-order valence-corrected chi connectivity index (χ2v) is 4.00. The van der Waals surface area contributed by atoms with Crippen LogP contribution in [-0.2, 0) is 7.05 Å². The van der Waals surface area contributed by atoms with E-state index in [-0.39, 0.29) is 0 Å². The Balaban J connectivity index is 2.15. The highest BCUT2D eigenvalue weighted by atomic mass is 32.2. The molecule has 0 radical (unpaired) electrons. The number of hydrogen-bond acceptors (Lipinski definition) is 6. The van der Waals surface area contributed by atoms with Gasteiger partial charge in [-0.2, -0.15) is 5.10 Å². The largest absolute Gasteiger partial charge is 0.354 e. The summed E-state index contributed by atoms with van der Waals surface area (Å²) in [6.45, 7) is 2.81. The molecule has 0 spiro atoms. The van der Waals surface area contributed by atoms with Crippen molar-refractivity contribution in [1.29, 1.82) is 0 Å². The highest BCUT2D eigenvalue weighted by Gasteiger charge is 2.05. The van der Waals surface area contributed by atoms with Crippen molar-refractivity contribution < 1.29 is 0 Å². The average Bonchev–Trinajstić information content (AvgIpc) is 2.66. The van der Waals surface area contributed by atoms with Crippen LogP contribution in [0.25, 0.3) is 0 Å². The van der Waals surface area contributed by atoms with E-state index in [0.717, 1.165) is 16.7 Å². The van der Waals surface area contributed by atoms with Gasteiger partial charge in [0.25, 0.3) is 0 Å². The number of nitrogens with one attached hydrogen (secondary N) is 1. The second-order valence-electron chi connectivity index (χ2n) is 3.02. The van der Waals surface area contributed by atoms with Gasteiger partial charge in [-0.25, -0.2) is 19.6 Å². The Kier molecular flexibility index (Phi) is 3.35. The maximum Gasteiger partial charge on any atom is 0.223 e. The van der Waals surface area contributed by atoms with Gasteiger partial charge in [-0.3, -0.25) is 0 Å². The minimum absolute atomic E-state index is 0.634. The van der Waals surface area contributed by atoms with Gasteiger partial charge in [-0.15, -0.1) is 0 Å². The summed E-state index contributed by atoms with van der Waals surface area (Å²) in [6.07, 6.45) is 3.25. The third-order valence-electron chi connectivity index (χ3n) is 1.83. The Bertz CT molecular complexity index is 469. The molecule has 6 nitrogen and oxygen atoms in total. The number of aromatic nitrogens is 5. The SMILES string of the molecule is CCNc1nccc(Sc2ncnn2C)n1. The fourth-order valence-electron chi connectivity index (χ4n) is 1.11. The third kappa shape index (κ3) is 2.48. The standard InChI is InChI=1S/C9H12N6S/c1-3-10-8-11-5-4-7(14-8)16-9-12-6-13-15(9)2/h4-6H,3H2,1-2H3,(H,10,11,14). The molecule has 16 heavy (non-hydrogen) atoms. The van der Waals surface area contributed by atoms with Crippen LogP contribution in [0.2, 0.25) is 0 Å². The summed E-state index contributed by atoms with van der Waals surface area (Å²) < 4.78 is 1.71. The zero-order chi connectivity index (χ0) is 11.4. The van der Waals surface area contributed by atoms with Gasteiger partial charge in [0.15, 0.2) is 5.16 Å². The minimum Gasteiger partial charge on any atom is -0.354 e. The van der Waals surface area contributed by atoms with E-state index >= 15 is 0 Å². The Morgan fingerprint density at radius 1 is 1.44 bits per heavy atom. The molecule has 7 heteroatoms. The lowest BCUT2D eigenvalue weighted by atomic mass is 10.6. The first-order valence-electron chi connectivity index (χ1n) is 4.88. The number of hydrogen-bond donors (Lipinski definition) is 1. The Morgan fingerprint density at radius 3 is 3.00 bits per heavy atom. The average molecular weight is 236 g/mol. The van der Waals surface area contributed by atoms with Gasteiger partial charge < -0.3 is 5.32 Å². The lowest BCUT2D eigenvalue weighted by Crippen LogP contribution is -2.02. The number of anilines is 1. The molecule has 2 aromatic heterocycles. The van der Waals surface area contributed by atoms with Gasteiger partial charge >= 0.3 is 0 Å². The summed E-state index contributed by atoms with van der Waals surface area (Å²) in [5.41, 5.74) is 0. The summed E-state index contributed by atoms with van der Waals surface area (Å²) in [6, 6.07) is 1.85. The van der Waals surface area contributed by atoms with Crippen LogP contribution >= 0.6 is 11.8 Å². The molecule has 84 valence electrons. The number of rotatable bonds is 4. The molecule has 0 saturated carbocycles. The van der Waals surface area contributed by atoms with Gasteiger partial charge in [0.1, 0.15) is 11.4 Å².